The van der Waals surface area contributed by atoms with Crippen molar-refractivity contribution in [2.45, 2.75) is 17.1 Å². The highest BCUT2D eigenvalue weighted by Crippen LogP contribution is 2.31. The van der Waals surface area contributed by atoms with Crippen LogP contribution in [0.3, 0.4) is 0 Å². The molecule has 45 heavy (non-hydrogen) atoms. The molecule has 3 N–H and O–H groups in total. The summed E-state index contributed by atoms with van der Waals surface area (Å²) in [6.07, 6.45) is 1.43. The topological polar surface area (TPSA) is 149 Å². The Balaban J connectivity index is 1.49. The zero-order valence-electron chi connectivity index (χ0n) is 24.6. The molecule has 0 radical (unpaired) electrons. The molecule has 4 rings (SSSR count). The molecule has 1 unspecified atom stereocenters. The number of amides is 3. The summed E-state index contributed by atoms with van der Waals surface area (Å²) in [7, 11) is 3.04. The Morgan fingerprint density at radius 3 is 2.27 bits per heavy atom. The van der Waals surface area contributed by atoms with E-state index in [0.29, 0.717) is 38.9 Å². The number of non-ortho nitro benzene ring substituents is 1. The maximum atomic E-state index is 13.4. The first-order chi connectivity index (χ1) is 21.7. The number of hydrogen-bond acceptors (Lipinski definition) is 8. The van der Waals surface area contributed by atoms with Crippen molar-refractivity contribution in [1.82, 2.24) is 5.32 Å². The molecule has 0 aliphatic heterocycles. The number of methoxy groups -OCH3 is 2. The van der Waals surface area contributed by atoms with E-state index in [9.17, 15) is 24.5 Å². The van der Waals surface area contributed by atoms with Crippen LogP contribution in [-0.4, -0.2) is 42.1 Å². The van der Waals surface area contributed by atoms with Gasteiger partial charge in [0.05, 0.1) is 30.1 Å². The van der Waals surface area contributed by atoms with Gasteiger partial charge in [0.25, 0.3) is 17.5 Å². The number of nitrogens with zero attached hydrogens (tertiary/aromatic N) is 1. The predicted molar refractivity (Wildman–Crippen MR) is 174 cm³/mol. The average molecular weight is 627 g/mol. The van der Waals surface area contributed by atoms with E-state index in [1.54, 1.807) is 80.8 Å². The summed E-state index contributed by atoms with van der Waals surface area (Å²) < 4.78 is 10.6. The van der Waals surface area contributed by atoms with E-state index in [4.69, 9.17) is 9.47 Å². The lowest BCUT2D eigenvalue weighted by molar-refractivity contribution is -0.384. The van der Waals surface area contributed by atoms with Gasteiger partial charge in [-0.2, -0.15) is 0 Å². The number of hydrogen-bond donors (Lipinski definition) is 3. The van der Waals surface area contributed by atoms with Gasteiger partial charge in [-0.15, -0.1) is 11.8 Å². The second kappa shape index (κ2) is 15.2. The third kappa shape index (κ3) is 8.94. The normalized spacial score (nSPS) is 11.6. The van der Waals surface area contributed by atoms with Crippen molar-refractivity contribution in [3.05, 3.63) is 124 Å². The fourth-order valence-electron chi connectivity index (χ4n) is 4.04. The zero-order chi connectivity index (χ0) is 32.3. The molecule has 0 fully saturated rings. The van der Waals surface area contributed by atoms with E-state index in [0.717, 1.165) is 0 Å². The summed E-state index contributed by atoms with van der Waals surface area (Å²) in [5.74, 6) is -0.318. The number of rotatable bonds is 12. The lowest BCUT2D eigenvalue weighted by Gasteiger charge is -2.16. The van der Waals surface area contributed by atoms with Gasteiger partial charge in [-0.05, 0) is 73.2 Å². The van der Waals surface area contributed by atoms with Crippen LogP contribution in [0.2, 0.25) is 0 Å². The highest BCUT2D eigenvalue weighted by molar-refractivity contribution is 8.00. The van der Waals surface area contributed by atoms with Crippen molar-refractivity contribution in [3.63, 3.8) is 0 Å². The maximum absolute atomic E-state index is 13.4. The minimum atomic E-state index is -0.614. The number of nitro benzene ring substituents is 1. The van der Waals surface area contributed by atoms with Crippen LogP contribution < -0.4 is 25.4 Å². The van der Waals surface area contributed by atoms with Gasteiger partial charge in [-0.25, -0.2) is 0 Å². The Hall–Kier alpha value is -5.62. The minimum absolute atomic E-state index is 0.0723. The van der Waals surface area contributed by atoms with Crippen molar-refractivity contribution < 1.29 is 28.8 Å². The lowest BCUT2D eigenvalue weighted by Crippen LogP contribution is -2.30. The molecule has 0 heterocycles. The molecule has 230 valence electrons. The Labute approximate surface area is 263 Å². The summed E-state index contributed by atoms with van der Waals surface area (Å²) in [6.45, 7) is 1.76. The molecule has 0 saturated carbocycles. The van der Waals surface area contributed by atoms with E-state index in [1.807, 2.05) is 6.07 Å². The number of nitro groups is 1. The number of anilines is 2. The van der Waals surface area contributed by atoms with Crippen LogP contribution >= 0.6 is 11.8 Å². The van der Waals surface area contributed by atoms with Gasteiger partial charge in [0.15, 0.2) is 0 Å². The highest BCUT2D eigenvalue weighted by Gasteiger charge is 2.19. The molecule has 0 bridgehead atoms. The highest BCUT2D eigenvalue weighted by atomic mass is 32.2. The van der Waals surface area contributed by atoms with Gasteiger partial charge >= 0.3 is 0 Å². The zero-order valence-corrected chi connectivity index (χ0v) is 25.4. The average Bonchev–Trinajstić information content (AvgIpc) is 3.05. The van der Waals surface area contributed by atoms with Crippen LogP contribution in [-0.2, 0) is 9.59 Å². The molecule has 11 nitrogen and oxygen atoms in total. The summed E-state index contributed by atoms with van der Waals surface area (Å²) in [6, 6.07) is 26.0. The Morgan fingerprint density at radius 2 is 1.60 bits per heavy atom. The first-order valence-electron chi connectivity index (χ1n) is 13.6. The third-order valence-corrected chi connectivity index (χ3v) is 7.48. The van der Waals surface area contributed by atoms with Gasteiger partial charge in [0.1, 0.15) is 17.2 Å². The smallest absolute Gasteiger partial charge is 0.272 e. The van der Waals surface area contributed by atoms with Crippen molar-refractivity contribution in [1.29, 1.82) is 0 Å². The summed E-state index contributed by atoms with van der Waals surface area (Å²) in [5.41, 5.74) is 1.57. The van der Waals surface area contributed by atoms with Crippen LogP contribution in [0.1, 0.15) is 22.8 Å². The van der Waals surface area contributed by atoms with Gasteiger partial charge in [-0.1, -0.05) is 24.3 Å². The van der Waals surface area contributed by atoms with Crippen LogP contribution in [0, 0.1) is 10.1 Å². The van der Waals surface area contributed by atoms with Gasteiger partial charge < -0.3 is 25.4 Å². The van der Waals surface area contributed by atoms with E-state index in [1.165, 1.54) is 49.2 Å². The first-order valence-corrected chi connectivity index (χ1v) is 14.5. The van der Waals surface area contributed by atoms with Gasteiger partial charge in [0.2, 0.25) is 5.91 Å². The second-order valence-electron chi connectivity index (χ2n) is 9.52. The van der Waals surface area contributed by atoms with Crippen molar-refractivity contribution in [3.8, 4) is 11.5 Å². The molecule has 1 atom stereocenters. The van der Waals surface area contributed by atoms with Crippen LogP contribution in [0.5, 0.6) is 11.5 Å². The summed E-state index contributed by atoms with van der Waals surface area (Å²) in [4.78, 5) is 50.5. The molecule has 0 saturated heterocycles. The lowest BCUT2D eigenvalue weighted by atomic mass is 10.1. The molecule has 12 heteroatoms. The number of benzene rings is 4. The quantitative estimate of drug-likeness (QED) is 0.0735. The van der Waals surface area contributed by atoms with Crippen molar-refractivity contribution in [2.24, 2.45) is 0 Å². The van der Waals surface area contributed by atoms with E-state index < -0.39 is 22.0 Å². The van der Waals surface area contributed by atoms with Crippen molar-refractivity contribution in [2.75, 3.05) is 24.9 Å². The Morgan fingerprint density at radius 1 is 0.867 bits per heavy atom. The number of carbonyl (C=O) groups excluding carboxylic acids is 3. The molecule has 3 amide bonds. The minimum Gasteiger partial charge on any atom is -0.497 e. The molecule has 0 aliphatic rings. The fraction of sp³-hybridized carbons (Fsp3) is 0.121. The maximum Gasteiger partial charge on any atom is 0.272 e. The van der Waals surface area contributed by atoms with Crippen LogP contribution in [0.25, 0.3) is 6.08 Å². The Bertz CT molecular complexity index is 1730. The summed E-state index contributed by atoms with van der Waals surface area (Å²) >= 11 is 1.29. The van der Waals surface area contributed by atoms with Gasteiger partial charge in [-0.3, -0.25) is 24.5 Å². The molecule has 0 aliphatic carbocycles. The van der Waals surface area contributed by atoms with Crippen molar-refractivity contribution >= 4 is 52.6 Å². The molecule has 4 aromatic rings. The Kier molecular flexibility index (Phi) is 10.9. The van der Waals surface area contributed by atoms with E-state index >= 15 is 0 Å². The fourth-order valence-corrected chi connectivity index (χ4v) is 4.97. The third-order valence-electron chi connectivity index (χ3n) is 6.38. The number of nitrogens with one attached hydrogen (secondary N) is 3. The molecular weight excluding hydrogens is 596 g/mol. The monoisotopic (exact) mass is 626 g/mol. The standard InChI is InChI=1S/C33H30N4O7S/c1-21(31(38)35-28-17-16-26(43-2)20-30(28)44-3)45-27-11-7-10-24(19-27)34-33(40)29(36-32(39)23-8-5-4-6-9-23)18-22-12-14-25(15-13-22)37(41)42/h4-21H,1-3H3,(H,34,40)(H,35,38)(H,36,39)/b29-18+. The number of carbonyl (C=O) groups is 3. The first kappa shape index (κ1) is 32.3. The molecule has 4 aromatic carbocycles. The predicted octanol–water partition coefficient (Wildman–Crippen LogP) is 6.14. The van der Waals surface area contributed by atoms with Crippen LogP contribution in [0.15, 0.2) is 108 Å². The van der Waals surface area contributed by atoms with Crippen LogP contribution in [0.4, 0.5) is 17.1 Å². The molecular formula is C33H30N4O7S. The SMILES string of the molecule is COc1ccc(NC(=O)C(C)Sc2cccc(NC(=O)/C(=C\c3ccc([N+](=O)[O-])cc3)NC(=O)c3ccccc3)c2)c(OC)c1. The number of ether oxygens (including phenoxy) is 2. The summed E-state index contributed by atoms with van der Waals surface area (Å²) in [5, 5.41) is 18.8. The second-order valence-corrected chi connectivity index (χ2v) is 10.9. The van der Waals surface area contributed by atoms with E-state index in [-0.39, 0.29) is 17.3 Å². The largest absolute Gasteiger partial charge is 0.497 e. The van der Waals surface area contributed by atoms with Gasteiger partial charge in [0, 0.05) is 34.3 Å². The number of thioether (sulfide) groups is 1. The molecule has 0 aromatic heterocycles. The van der Waals surface area contributed by atoms with E-state index in [2.05, 4.69) is 16.0 Å². The molecule has 0 spiro atoms.